The molecular formula is C22H26N2O5. The van der Waals surface area contributed by atoms with Crippen LogP contribution in [-0.4, -0.2) is 24.0 Å². The summed E-state index contributed by atoms with van der Waals surface area (Å²) in [5.74, 6) is 0.915. The fourth-order valence-corrected chi connectivity index (χ4v) is 2.58. The van der Waals surface area contributed by atoms with Crippen molar-refractivity contribution in [2.24, 2.45) is 0 Å². The summed E-state index contributed by atoms with van der Waals surface area (Å²) in [6, 6.07) is 10.0. The Morgan fingerprint density at radius 1 is 1.14 bits per heavy atom. The van der Waals surface area contributed by atoms with Crippen LogP contribution in [0.25, 0.3) is 6.08 Å². The molecule has 0 aliphatic carbocycles. The molecule has 0 atom stereocenters. The zero-order valence-electron chi connectivity index (χ0n) is 16.9. The third-order valence-corrected chi connectivity index (χ3v) is 4.12. The van der Waals surface area contributed by atoms with E-state index in [0.717, 1.165) is 18.4 Å². The number of carbonyl (C=O) groups excluding carboxylic acids is 1. The van der Waals surface area contributed by atoms with E-state index in [4.69, 9.17) is 9.47 Å². The highest BCUT2D eigenvalue weighted by molar-refractivity contribution is 6.02. The Morgan fingerprint density at radius 2 is 1.93 bits per heavy atom. The number of anilines is 1. The highest BCUT2D eigenvalue weighted by Crippen LogP contribution is 2.29. The van der Waals surface area contributed by atoms with Crippen LogP contribution in [0.1, 0.15) is 37.8 Å². The van der Waals surface area contributed by atoms with Crippen LogP contribution >= 0.6 is 0 Å². The number of nitrogens with zero attached hydrogens (tertiary/aromatic N) is 1. The molecule has 0 fully saturated rings. The van der Waals surface area contributed by atoms with Crippen molar-refractivity contribution in [3.05, 3.63) is 63.7 Å². The second-order valence-electron chi connectivity index (χ2n) is 6.42. The smallest absolute Gasteiger partial charge is 0.274 e. The summed E-state index contributed by atoms with van der Waals surface area (Å²) >= 11 is 0. The predicted octanol–water partition coefficient (Wildman–Crippen LogP) is 5.13. The summed E-state index contributed by atoms with van der Waals surface area (Å²) in [7, 11) is 0. The van der Waals surface area contributed by atoms with Gasteiger partial charge in [-0.15, -0.1) is 0 Å². The van der Waals surface area contributed by atoms with E-state index in [1.807, 2.05) is 25.1 Å². The van der Waals surface area contributed by atoms with Crippen LogP contribution < -0.4 is 14.8 Å². The maximum absolute atomic E-state index is 12.2. The molecule has 154 valence electrons. The zero-order valence-corrected chi connectivity index (χ0v) is 16.9. The minimum atomic E-state index is -0.472. The average molecular weight is 398 g/mol. The van der Waals surface area contributed by atoms with Crippen molar-refractivity contribution >= 4 is 23.4 Å². The van der Waals surface area contributed by atoms with Gasteiger partial charge in [0.1, 0.15) is 0 Å². The second kappa shape index (κ2) is 10.8. The van der Waals surface area contributed by atoms with Gasteiger partial charge in [0, 0.05) is 23.4 Å². The number of hydrogen-bond donors (Lipinski definition) is 1. The largest absolute Gasteiger partial charge is 0.490 e. The van der Waals surface area contributed by atoms with Gasteiger partial charge < -0.3 is 14.8 Å². The van der Waals surface area contributed by atoms with Gasteiger partial charge in [-0.1, -0.05) is 25.5 Å². The average Bonchev–Trinajstić information content (AvgIpc) is 2.69. The molecule has 0 aromatic heterocycles. The van der Waals surface area contributed by atoms with Gasteiger partial charge >= 0.3 is 0 Å². The Morgan fingerprint density at radius 3 is 2.62 bits per heavy atom. The molecular weight excluding hydrogens is 372 g/mol. The van der Waals surface area contributed by atoms with Gasteiger partial charge in [0.15, 0.2) is 11.5 Å². The highest BCUT2D eigenvalue weighted by Gasteiger charge is 2.12. The minimum absolute atomic E-state index is 0.0354. The van der Waals surface area contributed by atoms with E-state index >= 15 is 0 Å². The molecule has 1 amide bonds. The molecule has 0 saturated heterocycles. The number of ether oxygens (including phenoxy) is 2. The lowest BCUT2D eigenvalue weighted by atomic mass is 10.1. The molecule has 0 unspecified atom stereocenters. The summed E-state index contributed by atoms with van der Waals surface area (Å²) in [5, 5.41) is 13.7. The van der Waals surface area contributed by atoms with Gasteiger partial charge in [-0.2, -0.15) is 0 Å². The minimum Gasteiger partial charge on any atom is -0.490 e. The van der Waals surface area contributed by atoms with Crippen molar-refractivity contribution in [2.75, 3.05) is 18.5 Å². The van der Waals surface area contributed by atoms with Gasteiger partial charge in [0.2, 0.25) is 5.91 Å². The van der Waals surface area contributed by atoms with Gasteiger partial charge in [-0.25, -0.2) is 0 Å². The summed E-state index contributed by atoms with van der Waals surface area (Å²) in [6.07, 6.45) is 5.03. The van der Waals surface area contributed by atoms with Crippen LogP contribution in [0.15, 0.2) is 42.5 Å². The topological polar surface area (TPSA) is 90.7 Å². The molecule has 0 spiro atoms. The van der Waals surface area contributed by atoms with Gasteiger partial charge in [-0.05, 0) is 50.1 Å². The molecule has 2 rings (SSSR count). The quantitative estimate of drug-likeness (QED) is 0.259. The van der Waals surface area contributed by atoms with Gasteiger partial charge in [-0.3, -0.25) is 14.9 Å². The number of unbranched alkanes of at least 4 members (excludes halogenated alkanes) is 1. The van der Waals surface area contributed by atoms with Crippen LogP contribution in [0.3, 0.4) is 0 Å². The maximum Gasteiger partial charge on any atom is 0.274 e. The Hall–Kier alpha value is -3.35. The first-order valence-electron chi connectivity index (χ1n) is 9.58. The van der Waals surface area contributed by atoms with Crippen molar-refractivity contribution in [1.29, 1.82) is 0 Å². The molecule has 2 aromatic rings. The molecule has 1 N–H and O–H groups in total. The van der Waals surface area contributed by atoms with E-state index in [1.54, 1.807) is 25.1 Å². The van der Waals surface area contributed by atoms with Crippen LogP contribution in [-0.2, 0) is 4.79 Å². The van der Waals surface area contributed by atoms with Gasteiger partial charge in [0.05, 0.1) is 18.1 Å². The highest BCUT2D eigenvalue weighted by atomic mass is 16.6. The Labute approximate surface area is 170 Å². The van der Waals surface area contributed by atoms with E-state index in [1.165, 1.54) is 12.1 Å². The molecule has 0 heterocycles. The molecule has 7 heteroatoms. The fourth-order valence-electron chi connectivity index (χ4n) is 2.58. The first-order valence-corrected chi connectivity index (χ1v) is 9.58. The molecule has 0 saturated carbocycles. The summed E-state index contributed by atoms with van der Waals surface area (Å²) in [6.45, 7) is 6.77. The van der Waals surface area contributed by atoms with E-state index in [9.17, 15) is 14.9 Å². The van der Waals surface area contributed by atoms with Crippen molar-refractivity contribution < 1.29 is 19.2 Å². The number of aryl methyl sites for hydroxylation is 1. The molecule has 7 nitrogen and oxygen atoms in total. The van der Waals surface area contributed by atoms with E-state index in [2.05, 4.69) is 12.2 Å². The van der Waals surface area contributed by atoms with Crippen LogP contribution in [0.2, 0.25) is 0 Å². The molecule has 29 heavy (non-hydrogen) atoms. The SMILES string of the molecule is CCCCOc1ccc(/C=C/C(=O)Nc2ccc(C)c([N+](=O)[O-])c2)cc1OCC. The molecule has 0 aliphatic rings. The molecule has 0 radical (unpaired) electrons. The third-order valence-electron chi connectivity index (χ3n) is 4.12. The normalized spacial score (nSPS) is 10.7. The van der Waals surface area contributed by atoms with E-state index in [0.29, 0.717) is 36.0 Å². The zero-order chi connectivity index (χ0) is 21.2. The lowest BCUT2D eigenvalue weighted by molar-refractivity contribution is -0.385. The number of nitro benzene ring substituents is 1. The Balaban J connectivity index is 2.08. The van der Waals surface area contributed by atoms with Crippen LogP contribution in [0, 0.1) is 17.0 Å². The molecule has 0 bridgehead atoms. The lowest BCUT2D eigenvalue weighted by Gasteiger charge is -2.12. The molecule has 0 aliphatic heterocycles. The first kappa shape index (κ1) is 21.9. The third kappa shape index (κ3) is 6.64. The van der Waals surface area contributed by atoms with Crippen molar-refractivity contribution in [3.8, 4) is 11.5 Å². The Bertz CT molecular complexity index is 893. The fraction of sp³-hybridized carbons (Fsp3) is 0.318. The number of nitro groups is 1. The maximum atomic E-state index is 12.2. The predicted molar refractivity (Wildman–Crippen MR) is 114 cm³/mol. The van der Waals surface area contributed by atoms with E-state index in [-0.39, 0.29) is 11.6 Å². The Kier molecular flexibility index (Phi) is 8.21. The molecule has 2 aromatic carbocycles. The number of carbonyl (C=O) groups is 1. The van der Waals surface area contributed by atoms with Crippen LogP contribution in [0.5, 0.6) is 11.5 Å². The first-order chi connectivity index (χ1) is 13.9. The number of amides is 1. The standard InChI is InChI=1S/C22H26N2O5/c1-4-6-13-29-20-11-8-17(14-21(20)28-5-2)9-12-22(25)23-18-10-7-16(3)19(15-18)24(26)27/h7-12,14-15H,4-6,13H2,1-3H3,(H,23,25)/b12-9+. The lowest BCUT2D eigenvalue weighted by Crippen LogP contribution is -2.08. The summed E-state index contributed by atoms with van der Waals surface area (Å²) < 4.78 is 11.4. The monoisotopic (exact) mass is 398 g/mol. The van der Waals surface area contributed by atoms with Crippen molar-refractivity contribution in [3.63, 3.8) is 0 Å². The second-order valence-corrected chi connectivity index (χ2v) is 6.42. The number of benzene rings is 2. The number of nitrogens with one attached hydrogen (secondary N) is 1. The van der Waals surface area contributed by atoms with E-state index < -0.39 is 4.92 Å². The summed E-state index contributed by atoms with van der Waals surface area (Å²) in [4.78, 5) is 22.7. The van der Waals surface area contributed by atoms with Crippen molar-refractivity contribution in [2.45, 2.75) is 33.6 Å². The number of rotatable bonds is 10. The summed E-state index contributed by atoms with van der Waals surface area (Å²) in [5.41, 5.74) is 1.65. The van der Waals surface area contributed by atoms with Crippen LogP contribution in [0.4, 0.5) is 11.4 Å². The van der Waals surface area contributed by atoms with Crippen molar-refractivity contribution in [1.82, 2.24) is 0 Å². The number of hydrogen-bond acceptors (Lipinski definition) is 5. The van der Waals surface area contributed by atoms with Gasteiger partial charge in [0.25, 0.3) is 5.69 Å².